The van der Waals surface area contributed by atoms with Crippen LogP contribution < -0.4 is 9.62 Å². The third kappa shape index (κ3) is 4.24. The number of hydrogen-bond donors (Lipinski definition) is 1. The van der Waals surface area contributed by atoms with E-state index in [1.165, 1.54) is 4.31 Å². The van der Waals surface area contributed by atoms with Crippen LogP contribution in [0, 0.1) is 0 Å². The van der Waals surface area contributed by atoms with E-state index in [-0.39, 0.29) is 11.7 Å². The van der Waals surface area contributed by atoms with Crippen molar-refractivity contribution >= 4 is 21.5 Å². The summed E-state index contributed by atoms with van der Waals surface area (Å²) in [4.78, 5) is 8.75. The monoisotopic (exact) mass is 413 g/mol. The summed E-state index contributed by atoms with van der Waals surface area (Å²) in [6, 6.07) is 11.2. The maximum atomic E-state index is 12.1. The first-order valence-electron chi connectivity index (χ1n) is 9.55. The summed E-state index contributed by atoms with van der Waals surface area (Å²) in [5.74, 6) is 2.20. The Bertz CT molecular complexity index is 1110. The van der Waals surface area contributed by atoms with Gasteiger partial charge in [0.15, 0.2) is 5.82 Å². The lowest BCUT2D eigenvalue weighted by Crippen LogP contribution is -2.25. The first-order valence-corrected chi connectivity index (χ1v) is 11.2. The Morgan fingerprint density at radius 3 is 2.83 bits per heavy atom. The maximum Gasteiger partial charge on any atom is 0.258 e. The molecule has 0 spiro atoms. The van der Waals surface area contributed by atoms with Gasteiger partial charge in [0, 0.05) is 30.8 Å². The van der Waals surface area contributed by atoms with Gasteiger partial charge in [-0.25, -0.2) is 13.4 Å². The molecule has 0 saturated carbocycles. The van der Waals surface area contributed by atoms with Gasteiger partial charge in [-0.3, -0.25) is 4.31 Å². The summed E-state index contributed by atoms with van der Waals surface area (Å²) < 4.78 is 31.1. The van der Waals surface area contributed by atoms with Crippen LogP contribution >= 0.6 is 0 Å². The van der Waals surface area contributed by atoms with Gasteiger partial charge in [0.05, 0.1) is 11.4 Å². The van der Waals surface area contributed by atoms with E-state index in [0.29, 0.717) is 42.7 Å². The smallest absolute Gasteiger partial charge is 0.258 e. The SMILES string of the molecule is CC(C)c1noc(-c2ccnc(NCc3cccc(N4CCCS4(=O)=O)c3)c2)n1. The van der Waals surface area contributed by atoms with Gasteiger partial charge in [0.25, 0.3) is 5.89 Å². The number of pyridine rings is 1. The minimum Gasteiger partial charge on any atom is -0.366 e. The molecule has 1 aliphatic rings. The molecule has 0 amide bonds. The van der Waals surface area contributed by atoms with Gasteiger partial charge in [-0.15, -0.1) is 0 Å². The van der Waals surface area contributed by atoms with Crippen molar-refractivity contribution in [3.05, 3.63) is 54.0 Å². The zero-order chi connectivity index (χ0) is 20.4. The number of anilines is 2. The van der Waals surface area contributed by atoms with Crippen molar-refractivity contribution in [2.45, 2.75) is 32.7 Å². The van der Waals surface area contributed by atoms with Crippen molar-refractivity contribution in [3.8, 4) is 11.5 Å². The van der Waals surface area contributed by atoms with Crippen molar-refractivity contribution in [1.82, 2.24) is 15.1 Å². The van der Waals surface area contributed by atoms with Gasteiger partial charge in [0.1, 0.15) is 5.82 Å². The minimum atomic E-state index is -3.19. The van der Waals surface area contributed by atoms with Crippen molar-refractivity contribution < 1.29 is 12.9 Å². The Morgan fingerprint density at radius 2 is 2.10 bits per heavy atom. The quantitative estimate of drug-likeness (QED) is 0.661. The molecule has 1 aliphatic heterocycles. The van der Waals surface area contributed by atoms with Gasteiger partial charge in [-0.1, -0.05) is 31.1 Å². The lowest BCUT2D eigenvalue weighted by atomic mass is 10.2. The fourth-order valence-electron chi connectivity index (χ4n) is 3.19. The van der Waals surface area contributed by atoms with Crippen molar-refractivity contribution in [1.29, 1.82) is 0 Å². The lowest BCUT2D eigenvalue weighted by Gasteiger charge is -2.17. The molecule has 2 aromatic heterocycles. The van der Waals surface area contributed by atoms with Crippen LogP contribution in [0.5, 0.6) is 0 Å². The summed E-state index contributed by atoms with van der Waals surface area (Å²) in [7, 11) is -3.19. The van der Waals surface area contributed by atoms with Crippen molar-refractivity contribution in [3.63, 3.8) is 0 Å². The number of rotatable bonds is 6. The molecule has 0 bridgehead atoms. The summed E-state index contributed by atoms with van der Waals surface area (Å²) >= 11 is 0. The van der Waals surface area contributed by atoms with Crippen molar-refractivity contribution in [2.75, 3.05) is 21.9 Å². The predicted octanol–water partition coefficient (Wildman–Crippen LogP) is 3.41. The number of sulfonamides is 1. The average Bonchev–Trinajstić information content (AvgIpc) is 3.33. The van der Waals surface area contributed by atoms with Gasteiger partial charge < -0.3 is 9.84 Å². The number of benzene rings is 1. The molecule has 1 aromatic carbocycles. The highest BCUT2D eigenvalue weighted by atomic mass is 32.2. The number of aromatic nitrogens is 3. The molecule has 29 heavy (non-hydrogen) atoms. The zero-order valence-corrected chi connectivity index (χ0v) is 17.2. The summed E-state index contributed by atoms with van der Waals surface area (Å²) in [5, 5.41) is 7.26. The van der Waals surface area contributed by atoms with Gasteiger partial charge in [0.2, 0.25) is 10.0 Å². The first-order chi connectivity index (χ1) is 13.9. The molecule has 8 nitrogen and oxygen atoms in total. The Kier molecular flexibility index (Phi) is 5.23. The molecule has 152 valence electrons. The van der Waals surface area contributed by atoms with Crippen LogP contribution in [0.2, 0.25) is 0 Å². The van der Waals surface area contributed by atoms with Gasteiger partial charge >= 0.3 is 0 Å². The highest BCUT2D eigenvalue weighted by molar-refractivity contribution is 7.93. The van der Waals surface area contributed by atoms with Crippen molar-refractivity contribution in [2.24, 2.45) is 0 Å². The van der Waals surface area contributed by atoms with Gasteiger partial charge in [-0.05, 0) is 36.2 Å². The van der Waals surface area contributed by atoms with Crippen LogP contribution in [-0.2, 0) is 16.6 Å². The topological polar surface area (TPSA) is 101 Å². The van der Waals surface area contributed by atoms with E-state index in [0.717, 1.165) is 11.1 Å². The van der Waals surface area contributed by atoms with Crippen LogP contribution in [-0.4, -0.2) is 35.8 Å². The molecule has 4 rings (SSSR count). The number of hydrogen-bond acceptors (Lipinski definition) is 7. The number of nitrogens with one attached hydrogen (secondary N) is 1. The standard InChI is InChI=1S/C20H23N5O3S/c1-14(2)19-23-20(28-24-19)16-7-8-21-18(12-16)22-13-15-5-3-6-17(11-15)25-9-4-10-29(25,26)27/h3,5-8,11-12,14H,4,9-10,13H2,1-2H3,(H,21,22). The predicted molar refractivity (Wildman–Crippen MR) is 111 cm³/mol. The average molecular weight is 414 g/mol. The molecule has 0 aliphatic carbocycles. The molecule has 0 radical (unpaired) electrons. The molecule has 3 heterocycles. The van der Waals surface area contributed by atoms with Crippen LogP contribution in [0.1, 0.15) is 37.6 Å². The van der Waals surface area contributed by atoms with Crippen LogP contribution in [0.25, 0.3) is 11.5 Å². The van der Waals surface area contributed by atoms with E-state index < -0.39 is 10.0 Å². The van der Waals surface area contributed by atoms with Gasteiger partial charge in [-0.2, -0.15) is 4.98 Å². The molecule has 1 saturated heterocycles. The molecular weight excluding hydrogens is 390 g/mol. The van der Waals surface area contributed by atoms with Crippen LogP contribution in [0.4, 0.5) is 11.5 Å². The molecule has 1 fully saturated rings. The zero-order valence-electron chi connectivity index (χ0n) is 16.4. The highest BCUT2D eigenvalue weighted by Crippen LogP contribution is 2.25. The minimum absolute atomic E-state index is 0.193. The van der Waals surface area contributed by atoms with E-state index in [4.69, 9.17) is 4.52 Å². The lowest BCUT2D eigenvalue weighted by molar-refractivity contribution is 0.419. The summed E-state index contributed by atoms with van der Waals surface area (Å²) in [6.07, 6.45) is 2.35. The normalized spacial score (nSPS) is 15.8. The summed E-state index contributed by atoms with van der Waals surface area (Å²) in [5.41, 5.74) is 2.46. The molecular formula is C20H23N5O3S. The second-order valence-corrected chi connectivity index (χ2v) is 9.32. The fourth-order valence-corrected chi connectivity index (χ4v) is 4.75. The third-order valence-electron chi connectivity index (χ3n) is 4.74. The van der Waals surface area contributed by atoms with E-state index in [1.807, 2.05) is 50.2 Å². The Labute approximate surface area is 170 Å². The second-order valence-electron chi connectivity index (χ2n) is 7.31. The molecule has 0 unspecified atom stereocenters. The Morgan fingerprint density at radius 1 is 1.24 bits per heavy atom. The van der Waals surface area contributed by atoms with E-state index >= 15 is 0 Å². The van der Waals surface area contributed by atoms with E-state index in [2.05, 4.69) is 20.4 Å². The van der Waals surface area contributed by atoms with Crippen LogP contribution in [0.15, 0.2) is 47.1 Å². The second kappa shape index (κ2) is 7.82. The molecule has 9 heteroatoms. The third-order valence-corrected chi connectivity index (χ3v) is 6.61. The highest BCUT2D eigenvalue weighted by Gasteiger charge is 2.28. The van der Waals surface area contributed by atoms with E-state index in [9.17, 15) is 8.42 Å². The Balaban J connectivity index is 1.48. The number of nitrogens with zero attached hydrogens (tertiary/aromatic N) is 4. The first kappa shape index (κ1) is 19.4. The van der Waals surface area contributed by atoms with Crippen LogP contribution in [0.3, 0.4) is 0 Å². The largest absolute Gasteiger partial charge is 0.366 e. The maximum absolute atomic E-state index is 12.1. The summed E-state index contributed by atoms with van der Waals surface area (Å²) in [6.45, 7) is 5.07. The Hall–Kier alpha value is -2.94. The fraction of sp³-hybridized carbons (Fsp3) is 0.350. The molecule has 1 N–H and O–H groups in total. The van der Waals surface area contributed by atoms with E-state index in [1.54, 1.807) is 6.20 Å². The molecule has 3 aromatic rings. The molecule has 0 atom stereocenters.